The van der Waals surface area contributed by atoms with Gasteiger partial charge in [-0.1, -0.05) is 6.92 Å². The van der Waals surface area contributed by atoms with E-state index in [1.807, 2.05) is 6.92 Å². The number of carbonyl (C=O) groups is 1. The first-order valence-corrected chi connectivity index (χ1v) is 5.84. The Bertz CT molecular complexity index is 261. The van der Waals surface area contributed by atoms with Gasteiger partial charge in [0, 0.05) is 18.6 Å². The zero-order valence-corrected chi connectivity index (χ0v) is 9.70. The second-order valence-corrected chi connectivity index (χ2v) is 4.98. The van der Waals surface area contributed by atoms with E-state index in [1.165, 1.54) is 19.4 Å². The normalized spacial score (nSPS) is 27.9. The van der Waals surface area contributed by atoms with Crippen molar-refractivity contribution >= 4 is 5.91 Å². The van der Waals surface area contributed by atoms with Crippen LogP contribution in [0, 0.1) is 0 Å². The summed E-state index contributed by atoms with van der Waals surface area (Å²) < 4.78 is 0. The van der Waals surface area contributed by atoms with Gasteiger partial charge in [-0.25, -0.2) is 0 Å². The van der Waals surface area contributed by atoms with E-state index in [4.69, 9.17) is 5.73 Å². The molecule has 0 saturated carbocycles. The Balaban J connectivity index is 1.94. The number of likely N-dealkylation sites (N-methyl/N-ethyl adjacent to an activating group) is 1. The summed E-state index contributed by atoms with van der Waals surface area (Å²) in [5.41, 5.74) is 5.75. The third-order valence-electron chi connectivity index (χ3n) is 4.10. The van der Waals surface area contributed by atoms with Crippen LogP contribution in [-0.4, -0.2) is 54.0 Å². The van der Waals surface area contributed by atoms with E-state index >= 15 is 0 Å². The molecule has 0 aromatic heterocycles. The SMILES string of the molecule is CC[C@@H](C(N)=O)N1CC2(CCCN2C)C1. The van der Waals surface area contributed by atoms with E-state index in [1.54, 1.807) is 0 Å². The molecule has 2 fully saturated rings. The number of carbonyl (C=O) groups excluding carboxylic acids is 1. The quantitative estimate of drug-likeness (QED) is 0.716. The molecule has 0 unspecified atom stereocenters. The standard InChI is InChI=1S/C11H21N3O/c1-3-9(10(12)15)14-7-11(8-14)5-4-6-13(11)2/h9H,3-8H2,1-2H3,(H2,12,15)/t9-/m0/s1. The fourth-order valence-electron chi connectivity index (χ4n) is 3.04. The fraction of sp³-hybridized carbons (Fsp3) is 0.909. The minimum Gasteiger partial charge on any atom is -0.368 e. The molecule has 2 rings (SSSR count). The lowest BCUT2D eigenvalue weighted by Gasteiger charge is -2.54. The monoisotopic (exact) mass is 211 g/mol. The van der Waals surface area contributed by atoms with Gasteiger partial charge in [-0.2, -0.15) is 0 Å². The Morgan fingerprint density at radius 1 is 1.53 bits per heavy atom. The summed E-state index contributed by atoms with van der Waals surface area (Å²) in [6.45, 7) is 5.26. The molecule has 15 heavy (non-hydrogen) atoms. The molecular weight excluding hydrogens is 190 g/mol. The molecule has 0 aromatic rings. The maximum Gasteiger partial charge on any atom is 0.234 e. The van der Waals surface area contributed by atoms with Gasteiger partial charge in [-0.3, -0.25) is 14.6 Å². The van der Waals surface area contributed by atoms with Crippen molar-refractivity contribution in [1.82, 2.24) is 9.80 Å². The molecule has 2 aliphatic rings. The lowest BCUT2D eigenvalue weighted by molar-refractivity contribution is -0.129. The first kappa shape index (κ1) is 10.9. The largest absolute Gasteiger partial charge is 0.368 e. The molecule has 2 heterocycles. The van der Waals surface area contributed by atoms with Crippen LogP contribution >= 0.6 is 0 Å². The van der Waals surface area contributed by atoms with Crippen molar-refractivity contribution in [2.24, 2.45) is 5.73 Å². The lowest BCUT2D eigenvalue weighted by Crippen LogP contribution is -2.70. The molecule has 2 saturated heterocycles. The summed E-state index contributed by atoms with van der Waals surface area (Å²) in [5, 5.41) is 0. The van der Waals surface area contributed by atoms with Gasteiger partial charge in [-0.15, -0.1) is 0 Å². The van der Waals surface area contributed by atoms with E-state index in [9.17, 15) is 4.79 Å². The highest BCUT2D eigenvalue weighted by Gasteiger charge is 2.50. The van der Waals surface area contributed by atoms with E-state index in [0.717, 1.165) is 19.5 Å². The molecular formula is C11H21N3O. The van der Waals surface area contributed by atoms with Crippen molar-refractivity contribution in [2.45, 2.75) is 37.8 Å². The highest BCUT2D eigenvalue weighted by atomic mass is 16.1. The number of hydrogen-bond donors (Lipinski definition) is 1. The predicted molar refractivity (Wildman–Crippen MR) is 59.4 cm³/mol. The van der Waals surface area contributed by atoms with Gasteiger partial charge in [0.1, 0.15) is 0 Å². The summed E-state index contributed by atoms with van der Waals surface area (Å²) in [7, 11) is 2.19. The van der Waals surface area contributed by atoms with Gasteiger partial charge in [0.25, 0.3) is 0 Å². The molecule has 2 aliphatic heterocycles. The molecule has 1 atom stereocenters. The number of primary amides is 1. The van der Waals surface area contributed by atoms with Crippen LogP contribution in [0.15, 0.2) is 0 Å². The van der Waals surface area contributed by atoms with E-state index < -0.39 is 0 Å². The molecule has 0 radical (unpaired) electrons. The van der Waals surface area contributed by atoms with Gasteiger partial charge in [-0.05, 0) is 32.9 Å². The molecule has 86 valence electrons. The van der Waals surface area contributed by atoms with Crippen LogP contribution in [0.3, 0.4) is 0 Å². The molecule has 0 bridgehead atoms. The Labute approximate surface area is 91.4 Å². The Kier molecular flexibility index (Phi) is 2.73. The maximum atomic E-state index is 11.2. The summed E-state index contributed by atoms with van der Waals surface area (Å²) in [6.07, 6.45) is 3.39. The van der Waals surface area contributed by atoms with Crippen LogP contribution in [-0.2, 0) is 4.79 Å². The van der Waals surface area contributed by atoms with E-state index in [2.05, 4.69) is 16.8 Å². The van der Waals surface area contributed by atoms with Crippen molar-refractivity contribution in [2.75, 3.05) is 26.7 Å². The van der Waals surface area contributed by atoms with Crippen LogP contribution < -0.4 is 5.73 Å². The molecule has 4 nitrogen and oxygen atoms in total. The molecule has 4 heteroatoms. The average molecular weight is 211 g/mol. The number of likely N-dealkylation sites (tertiary alicyclic amines) is 2. The Morgan fingerprint density at radius 2 is 2.20 bits per heavy atom. The predicted octanol–water partition coefficient (Wildman–Crippen LogP) is 0.0303. The van der Waals surface area contributed by atoms with Crippen molar-refractivity contribution in [3.8, 4) is 0 Å². The number of nitrogens with zero attached hydrogens (tertiary/aromatic N) is 2. The topological polar surface area (TPSA) is 49.6 Å². The van der Waals surface area contributed by atoms with E-state index in [0.29, 0.717) is 5.54 Å². The minimum absolute atomic E-state index is 0.0513. The van der Waals surface area contributed by atoms with Crippen molar-refractivity contribution < 1.29 is 4.79 Å². The molecule has 0 aromatic carbocycles. The fourth-order valence-corrected chi connectivity index (χ4v) is 3.04. The Hall–Kier alpha value is -0.610. The van der Waals surface area contributed by atoms with Crippen molar-refractivity contribution in [3.63, 3.8) is 0 Å². The number of nitrogens with two attached hydrogens (primary N) is 1. The van der Waals surface area contributed by atoms with Crippen molar-refractivity contribution in [1.29, 1.82) is 0 Å². The second kappa shape index (κ2) is 3.76. The average Bonchev–Trinajstić information content (AvgIpc) is 2.47. The second-order valence-electron chi connectivity index (χ2n) is 4.98. The van der Waals surface area contributed by atoms with Crippen LogP contribution in [0.5, 0.6) is 0 Å². The summed E-state index contributed by atoms with van der Waals surface area (Å²) >= 11 is 0. The third kappa shape index (κ3) is 1.66. The molecule has 0 aliphatic carbocycles. The summed E-state index contributed by atoms with van der Waals surface area (Å²) in [5.74, 6) is -0.173. The van der Waals surface area contributed by atoms with Crippen LogP contribution in [0.4, 0.5) is 0 Å². The van der Waals surface area contributed by atoms with Gasteiger partial charge < -0.3 is 5.73 Å². The Morgan fingerprint density at radius 3 is 2.60 bits per heavy atom. The smallest absolute Gasteiger partial charge is 0.234 e. The highest BCUT2D eigenvalue weighted by Crippen LogP contribution is 2.37. The maximum absolute atomic E-state index is 11.2. The third-order valence-corrected chi connectivity index (χ3v) is 4.10. The zero-order chi connectivity index (χ0) is 11.1. The molecule has 1 amide bonds. The zero-order valence-electron chi connectivity index (χ0n) is 9.70. The van der Waals surface area contributed by atoms with Gasteiger partial charge in [0.15, 0.2) is 0 Å². The summed E-state index contributed by atoms with van der Waals surface area (Å²) in [4.78, 5) is 15.9. The minimum atomic E-state index is -0.173. The van der Waals surface area contributed by atoms with Crippen LogP contribution in [0.1, 0.15) is 26.2 Å². The van der Waals surface area contributed by atoms with Crippen LogP contribution in [0.2, 0.25) is 0 Å². The molecule has 2 N–H and O–H groups in total. The first-order chi connectivity index (χ1) is 7.09. The first-order valence-electron chi connectivity index (χ1n) is 5.84. The van der Waals surface area contributed by atoms with Gasteiger partial charge in [0.2, 0.25) is 5.91 Å². The molecule has 1 spiro atoms. The number of amides is 1. The van der Waals surface area contributed by atoms with E-state index in [-0.39, 0.29) is 11.9 Å². The lowest BCUT2D eigenvalue weighted by atomic mass is 9.85. The number of rotatable bonds is 3. The van der Waals surface area contributed by atoms with Gasteiger partial charge in [0.05, 0.1) is 6.04 Å². The number of hydrogen-bond acceptors (Lipinski definition) is 3. The van der Waals surface area contributed by atoms with Gasteiger partial charge >= 0.3 is 0 Å². The van der Waals surface area contributed by atoms with Crippen molar-refractivity contribution in [3.05, 3.63) is 0 Å². The highest BCUT2D eigenvalue weighted by molar-refractivity contribution is 5.80. The van der Waals surface area contributed by atoms with Crippen LogP contribution in [0.25, 0.3) is 0 Å². The summed E-state index contributed by atoms with van der Waals surface area (Å²) in [6, 6.07) is -0.0513.